The van der Waals surface area contributed by atoms with Crippen molar-refractivity contribution in [1.29, 1.82) is 0 Å². The maximum absolute atomic E-state index is 12.9. The Kier molecular flexibility index (Phi) is 3.87. The molecule has 0 radical (unpaired) electrons. The predicted octanol–water partition coefficient (Wildman–Crippen LogP) is 3.29. The highest BCUT2D eigenvalue weighted by Crippen LogP contribution is 2.35. The molecule has 0 spiro atoms. The van der Waals surface area contributed by atoms with Gasteiger partial charge in [-0.15, -0.1) is 11.3 Å². The molecule has 6 nitrogen and oxygen atoms in total. The molecule has 1 amide bonds. The molecular formula is C16H11ClN4O2S. The smallest absolute Gasteiger partial charge is 0.270 e. The topological polar surface area (TPSA) is 68.2 Å². The molecule has 2 aromatic heterocycles. The lowest BCUT2D eigenvalue weighted by molar-refractivity contribution is 0.0980. The molecular weight excluding hydrogens is 348 g/mol. The van der Waals surface area contributed by atoms with Gasteiger partial charge < -0.3 is 9.64 Å². The van der Waals surface area contributed by atoms with Gasteiger partial charge in [-0.1, -0.05) is 11.6 Å². The SMILES string of the molecule is O=C(c1cnc(-c2ncccn2)s1)N1CCOc2ccc(Cl)cc21. The molecule has 4 rings (SSSR count). The van der Waals surface area contributed by atoms with Crippen LogP contribution in [-0.4, -0.2) is 34.0 Å². The number of nitrogens with zero attached hydrogens (tertiary/aromatic N) is 4. The lowest BCUT2D eigenvalue weighted by Gasteiger charge is -2.29. The first kappa shape index (κ1) is 15.0. The van der Waals surface area contributed by atoms with Gasteiger partial charge in [0.05, 0.1) is 18.4 Å². The van der Waals surface area contributed by atoms with Crippen molar-refractivity contribution >= 4 is 34.5 Å². The van der Waals surface area contributed by atoms with Crippen molar-refractivity contribution in [3.63, 3.8) is 0 Å². The third-order valence-corrected chi connectivity index (χ3v) is 4.72. The van der Waals surface area contributed by atoms with E-state index >= 15 is 0 Å². The number of ether oxygens (including phenoxy) is 1. The van der Waals surface area contributed by atoms with Crippen LogP contribution in [0, 0.1) is 0 Å². The van der Waals surface area contributed by atoms with E-state index in [0.29, 0.717) is 45.3 Å². The van der Waals surface area contributed by atoms with Crippen LogP contribution >= 0.6 is 22.9 Å². The maximum atomic E-state index is 12.9. The van der Waals surface area contributed by atoms with Gasteiger partial charge >= 0.3 is 0 Å². The number of hydrogen-bond donors (Lipinski definition) is 0. The molecule has 0 bridgehead atoms. The fourth-order valence-electron chi connectivity index (χ4n) is 2.42. The molecule has 1 aliphatic heterocycles. The predicted molar refractivity (Wildman–Crippen MR) is 91.8 cm³/mol. The number of fused-ring (bicyclic) bond motifs is 1. The maximum Gasteiger partial charge on any atom is 0.270 e. The first-order chi connectivity index (χ1) is 11.7. The Bertz CT molecular complexity index is 900. The Balaban J connectivity index is 1.66. The number of benzene rings is 1. The van der Waals surface area contributed by atoms with E-state index in [4.69, 9.17) is 16.3 Å². The van der Waals surface area contributed by atoms with Crippen LogP contribution in [-0.2, 0) is 0 Å². The molecule has 0 N–H and O–H groups in total. The average molecular weight is 359 g/mol. The van der Waals surface area contributed by atoms with Crippen molar-refractivity contribution in [2.45, 2.75) is 0 Å². The molecule has 0 saturated heterocycles. The molecule has 0 fully saturated rings. The van der Waals surface area contributed by atoms with E-state index in [2.05, 4.69) is 15.0 Å². The minimum Gasteiger partial charge on any atom is -0.490 e. The van der Waals surface area contributed by atoms with Gasteiger partial charge in [-0.3, -0.25) is 4.79 Å². The van der Waals surface area contributed by atoms with Gasteiger partial charge in [0.1, 0.15) is 17.2 Å². The number of rotatable bonds is 2. The molecule has 3 aromatic rings. The zero-order valence-electron chi connectivity index (χ0n) is 12.3. The van der Waals surface area contributed by atoms with Gasteiger partial charge in [-0.05, 0) is 24.3 Å². The fourth-order valence-corrected chi connectivity index (χ4v) is 3.40. The van der Waals surface area contributed by atoms with E-state index in [1.165, 1.54) is 11.3 Å². The number of anilines is 1. The minimum absolute atomic E-state index is 0.138. The largest absolute Gasteiger partial charge is 0.490 e. The summed E-state index contributed by atoms with van der Waals surface area (Å²) >= 11 is 7.32. The minimum atomic E-state index is -0.138. The molecule has 0 saturated carbocycles. The van der Waals surface area contributed by atoms with Gasteiger partial charge in [0.25, 0.3) is 5.91 Å². The second kappa shape index (κ2) is 6.18. The highest BCUT2D eigenvalue weighted by atomic mass is 35.5. The Hall–Kier alpha value is -2.51. The van der Waals surface area contributed by atoms with E-state index in [0.717, 1.165) is 0 Å². The first-order valence-corrected chi connectivity index (χ1v) is 8.39. The standard InChI is InChI=1S/C16H11ClN4O2S/c17-10-2-3-12-11(8-10)21(6-7-23-12)16(22)13-9-20-15(24-13)14-18-4-1-5-19-14/h1-5,8-9H,6-7H2. The number of carbonyl (C=O) groups excluding carboxylic acids is 1. The van der Waals surface area contributed by atoms with Crippen molar-refractivity contribution in [2.75, 3.05) is 18.1 Å². The van der Waals surface area contributed by atoms with Gasteiger partial charge in [-0.25, -0.2) is 15.0 Å². The lowest BCUT2D eigenvalue weighted by atomic mass is 10.2. The number of carbonyl (C=O) groups is 1. The van der Waals surface area contributed by atoms with Crippen molar-refractivity contribution in [2.24, 2.45) is 0 Å². The van der Waals surface area contributed by atoms with Gasteiger partial charge in [-0.2, -0.15) is 0 Å². The summed E-state index contributed by atoms with van der Waals surface area (Å²) in [5, 5.41) is 1.17. The molecule has 1 aliphatic rings. The lowest BCUT2D eigenvalue weighted by Crippen LogP contribution is -2.37. The van der Waals surface area contributed by atoms with Crippen LogP contribution in [0.3, 0.4) is 0 Å². The second-order valence-electron chi connectivity index (χ2n) is 5.02. The molecule has 8 heteroatoms. The van der Waals surface area contributed by atoms with Gasteiger partial charge in [0.15, 0.2) is 10.8 Å². The van der Waals surface area contributed by atoms with Crippen LogP contribution in [0.25, 0.3) is 10.8 Å². The molecule has 120 valence electrons. The molecule has 0 unspecified atom stereocenters. The number of hydrogen-bond acceptors (Lipinski definition) is 6. The van der Waals surface area contributed by atoms with Crippen LogP contribution < -0.4 is 9.64 Å². The number of thiazole rings is 1. The Labute approximate surface area is 146 Å². The fraction of sp³-hybridized carbons (Fsp3) is 0.125. The zero-order valence-corrected chi connectivity index (χ0v) is 13.9. The summed E-state index contributed by atoms with van der Waals surface area (Å²) in [6.07, 6.45) is 4.84. The Morgan fingerprint density at radius 2 is 2.08 bits per heavy atom. The van der Waals surface area contributed by atoms with Crippen LogP contribution in [0.4, 0.5) is 5.69 Å². The normalized spacial score (nSPS) is 13.3. The third kappa shape index (κ3) is 2.72. The van der Waals surface area contributed by atoms with Crippen molar-refractivity contribution in [1.82, 2.24) is 15.0 Å². The number of halogens is 1. The summed E-state index contributed by atoms with van der Waals surface area (Å²) in [5.41, 5.74) is 0.671. The van der Waals surface area contributed by atoms with Crippen LogP contribution in [0.2, 0.25) is 5.02 Å². The summed E-state index contributed by atoms with van der Waals surface area (Å²) in [6.45, 7) is 0.898. The van der Waals surface area contributed by atoms with Crippen LogP contribution in [0.15, 0.2) is 42.9 Å². The van der Waals surface area contributed by atoms with Crippen LogP contribution in [0.1, 0.15) is 9.67 Å². The van der Waals surface area contributed by atoms with Gasteiger partial charge in [0.2, 0.25) is 0 Å². The van der Waals surface area contributed by atoms with E-state index in [-0.39, 0.29) is 5.91 Å². The zero-order chi connectivity index (χ0) is 16.5. The molecule has 0 aliphatic carbocycles. The third-order valence-electron chi connectivity index (χ3n) is 3.50. The van der Waals surface area contributed by atoms with Gasteiger partial charge in [0, 0.05) is 17.4 Å². The number of aromatic nitrogens is 3. The monoisotopic (exact) mass is 358 g/mol. The van der Waals surface area contributed by atoms with Crippen LogP contribution in [0.5, 0.6) is 5.75 Å². The summed E-state index contributed by atoms with van der Waals surface area (Å²) in [6, 6.07) is 6.98. The van der Waals surface area contributed by atoms with E-state index in [1.54, 1.807) is 47.8 Å². The molecule has 1 aromatic carbocycles. The average Bonchev–Trinajstić information content (AvgIpc) is 3.11. The molecule has 3 heterocycles. The van der Waals surface area contributed by atoms with Crippen molar-refractivity contribution in [3.05, 3.63) is 52.8 Å². The quantitative estimate of drug-likeness (QED) is 0.703. The van der Waals surface area contributed by atoms with Crippen molar-refractivity contribution < 1.29 is 9.53 Å². The Morgan fingerprint density at radius 3 is 2.92 bits per heavy atom. The van der Waals surface area contributed by atoms with E-state index in [9.17, 15) is 4.79 Å². The highest BCUT2D eigenvalue weighted by molar-refractivity contribution is 7.16. The second-order valence-corrected chi connectivity index (χ2v) is 6.49. The summed E-state index contributed by atoms with van der Waals surface area (Å²) in [5.74, 6) is 1.02. The summed E-state index contributed by atoms with van der Waals surface area (Å²) < 4.78 is 5.58. The first-order valence-electron chi connectivity index (χ1n) is 7.20. The summed E-state index contributed by atoms with van der Waals surface area (Å²) in [4.78, 5) is 27.6. The van der Waals surface area contributed by atoms with E-state index in [1.807, 2.05) is 0 Å². The molecule has 24 heavy (non-hydrogen) atoms. The number of amides is 1. The Morgan fingerprint density at radius 1 is 1.25 bits per heavy atom. The molecule has 0 atom stereocenters. The highest BCUT2D eigenvalue weighted by Gasteiger charge is 2.26. The summed E-state index contributed by atoms with van der Waals surface area (Å²) in [7, 11) is 0. The van der Waals surface area contributed by atoms with E-state index < -0.39 is 0 Å². The van der Waals surface area contributed by atoms with Crippen molar-refractivity contribution in [3.8, 4) is 16.6 Å².